The van der Waals surface area contributed by atoms with Crippen LogP contribution in [0.15, 0.2) is 48.2 Å². The van der Waals surface area contributed by atoms with Gasteiger partial charge in [-0.3, -0.25) is 14.3 Å². The van der Waals surface area contributed by atoms with Crippen LogP contribution in [-0.2, 0) is 6.42 Å². The maximum atomic E-state index is 13.5. The number of ether oxygens (including phenoxy) is 1. The summed E-state index contributed by atoms with van der Waals surface area (Å²) in [6.45, 7) is 2.01. The van der Waals surface area contributed by atoms with Crippen molar-refractivity contribution in [3.63, 3.8) is 0 Å². The molecule has 1 aromatic heterocycles. The summed E-state index contributed by atoms with van der Waals surface area (Å²) in [7, 11) is 0. The van der Waals surface area contributed by atoms with Gasteiger partial charge in [-0.15, -0.1) is 0 Å². The molecule has 4 rings (SSSR count). The summed E-state index contributed by atoms with van der Waals surface area (Å²) in [5, 5.41) is 3.09. The Morgan fingerprint density at radius 2 is 2.00 bits per heavy atom. The van der Waals surface area contributed by atoms with Gasteiger partial charge >= 0.3 is 6.18 Å². The number of alkyl halides is 4. The molecule has 0 bridgehead atoms. The highest BCUT2D eigenvalue weighted by molar-refractivity contribution is 5.78. The molecular formula is C25H29F4N3O. The fourth-order valence-corrected chi connectivity index (χ4v) is 4.85. The first-order valence-corrected chi connectivity index (χ1v) is 11.4. The van der Waals surface area contributed by atoms with Gasteiger partial charge in [0.1, 0.15) is 12.4 Å². The number of halogens is 4. The van der Waals surface area contributed by atoms with Gasteiger partial charge in [-0.2, -0.15) is 13.2 Å². The Kier molecular flexibility index (Phi) is 7.34. The Morgan fingerprint density at radius 1 is 1.18 bits per heavy atom. The minimum absolute atomic E-state index is 0.285. The molecule has 0 saturated heterocycles. The zero-order valence-electron chi connectivity index (χ0n) is 18.7. The molecule has 1 aromatic carbocycles. The number of benzene rings is 1. The molecule has 2 aliphatic rings. The maximum absolute atomic E-state index is 13.5. The molecule has 1 aliphatic carbocycles. The topological polar surface area (TPSA) is 37.4 Å². The second-order valence-corrected chi connectivity index (χ2v) is 8.64. The number of rotatable bonds is 9. The summed E-state index contributed by atoms with van der Waals surface area (Å²) in [5.41, 5.74) is 5.00. The van der Waals surface area contributed by atoms with Crippen molar-refractivity contribution in [3.8, 4) is 5.75 Å². The molecular weight excluding hydrogens is 434 g/mol. The Balaban J connectivity index is 1.60. The van der Waals surface area contributed by atoms with Crippen LogP contribution in [0.25, 0.3) is 5.57 Å². The van der Waals surface area contributed by atoms with E-state index in [2.05, 4.69) is 16.4 Å². The van der Waals surface area contributed by atoms with Gasteiger partial charge in [-0.25, -0.2) is 0 Å². The van der Waals surface area contributed by atoms with Crippen LogP contribution in [0.4, 0.5) is 17.6 Å². The largest absolute Gasteiger partial charge is 0.492 e. The molecule has 0 radical (unpaired) electrons. The molecule has 2 atom stereocenters. The minimum atomic E-state index is -4.31. The average Bonchev–Trinajstić information content (AvgIpc) is 3.14. The first-order chi connectivity index (χ1) is 15.9. The second-order valence-electron chi connectivity index (χ2n) is 8.64. The predicted molar refractivity (Wildman–Crippen MR) is 120 cm³/mol. The van der Waals surface area contributed by atoms with E-state index in [9.17, 15) is 17.6 Å². The number of fused-ring (bicyclic) bond motifs is 2. The van der Waals surface area contributed by atoms with Gasteiger partial charge in [0.15, 0.2) is 0 Å². The molecule has 0 amide bonds. The van der Waals surface area contributed by atoms with Gasteiger partial charge in [-0.05, 0) is 61.1 Å². The molecule has 0 saturated carbocycles. The van der Waals surface area contributed by atoms with E-state index in [1.54, 1.807) is 18.3 Å². The van der Waals surface area contributed by atoms with Crippen molar-refractivity contribution < 1.29 is 22.3 Å². The highest BCUT2D eigenvalue weighted by atomic mass is 19.4. The molecule has 8 heteroatoms. The van der Waals surface area contributed by atoms with Crippen LogP contribution in [0.3, 0.4) is 0 Å². The summed E-state index contributed by atoms with van der Waals surface area (Å²) in [5.74, 6) is 0.565. The van der Waals surface area contributed by atoms with Crippen LogP contribution in [0.1, 0.15) is 42.6 Å². The van der Waals surface area contributed by atoms with E-state index in [1.165, 1.54) is 4.90 Å². The first kappa shape index (κ1) is 23.7. The Bertz CT molecular complexity index is 992. The van der Waals surface area contributed by atoms with Crippen LogP contribution in [0, 0.1) is 0 Å². The van der Waals surface area contributed by atoms with Crippen LogP contribution in [-0.4, -0.2) is 55.0 Å². The third kappa shape index (κ3) is 5.55. The second kappa shape index (κ2) is 10.2. The monoisotopic (exact) mass is 463 g/mol. The molecule has 0 spiro atoms. The predicted octanol–water partition coefficient (Wildman–Crippen LogP) is 5.12. The number of hydrogen-bond acceptors (Lipinski definition) is 4. The molecule has 2 aromatic rings. The van der Waals surface area contributed by atoms with Gasteiger partial charge in [0, 0.05) is 24.8 Å². The fraction of sp³-hybridized carbons (Fsp3) is 0.480. The Labute approximate surface area is 191 Å². The summed E-state index contributed by atoms with van der Waals surface area (Å²) in [4.78, 5) is 6.01. The summed E-state index contributed by atoms with van der Waals surface area (Å²) in [6, 6.07) is 10.7. The van der Waals surface area contributed by atoms with Crippen molar-refractivity contribution in [1.29, 1.82) is 0 Å². The van der Waals surface area contributed by atoms with Crippen LogP contribution in [0.2, 0.25) is 0 Å². The normalized spacial score (nSPS) is 20.6. The van der Waals surface area contributed by atoms with Crippen molar-refractivity contribution in [2.75, 3.05) is 32.9 Å². The van der Waals surface area contributed by atoms with Gasteiger partial charge in [0.05, 0.1) is 25.0 Å². The smallest absolute Gasteiger partial charge is 0.401 e. The van der Waals surface area contributed by atoms with E-state index < -0.39 is 18.8 Å². The minimum Gasteiger partial charge on any atom is -0.492 e. The number of pyridine rings is 1. The molecule has 1 aliphatic heterocycles. The zero-order chi connectivity index (χ0) is 23.4. The van der Waals surface area contributed by atoms with Crippen molar-refractivity contribution in [2.24, 2.45) is 0 Å². The highest BCUT2D eigenvalue weighted by Gasteiger charge is 2.44. The van der Waals surface area contributed by atoms with E-state index in [0.717, 1.165) is 22.3 Å². The average molecular weight is 464 g/mol. The van der Waals surface area contributed by atoms with Crippen molar-refractivity contribution in [3.05, 3.63) is 65.0 Å². The molecule has 2 heterocycles. The van der Waals surface area contributed by atoms with Crippen LogP contribution >= 0.6 is 0 Å². The lowest BCUT2D eigenvalue weighted by Crippen LogP contribution is -2.46. The zero-order valence-corrected chi connectivity index (χ0v) is 18.7. The molecule has 0 fully saturated rings. The maximum Gasteiger partial charge on any atom is 0.401 e. The summed E-state index contributed by atoms with van der Waals surface area (Å²) >= 11 is 0. The van der Waals surface area contributed by atoms with Crippen LogP contribution < -0.4 is 10.1 Å². The molecule has 0 unspecified atom stereocenters. The van der Waals surface area contributed by atoms with E-state index >= 15 is 0 Å². The Morgan fingerprint density at radius 3 is 2.79 bits per heavy atom. The summed E-state index contributed by atoms with van der Waals surface area (Å²) < 4.78 is 58.6. The van der Waals surface area contributed by atoms with Crippen molar-refractivity contribution >= 4 is 5.57 Å². The van der Waals surface area contributed by atoms with Gasteiger partial charge in [0.25, 0.3) is 0 Å². The van der Waals surface area contributed by atoms with E-state index in [4.69, 9.17) is 4.74 Å². The third-order valence-corrected chi connectivity index (χ3v) is 6.27. The number of nitrogens with zero attached hydrogens (tertiary/aromatic N) is 2. The molecule has 1 N–H and O–H groups in total. The van der Waals surface area contributed by atoms with E-state index in [1.807, 2.05) is 25.1 Å². The SMILES string of the molecule is C[C@@H]1CC2=C(Cc3ccccc32)[C@@H](c2cc(OCCNCCCF)ccn2)N1CC(F)(F)F. The van der Waals surface area contributed by atoms with Gasteiger partial charge in [0.2, 0.25) is 0 Å². The van der Waals surface area contributed by atoms with Crippen molar-refractivity contribution in [1.82, 2.24) is 15.2 Å². The van der Waals surface area contributed by atoms with Gasteiger partial charge < -0.3 is 10.1 Å². The van der Waals surface area contributed by atoms with E-state index in [-0.39, 0.29) is 12.7 Å². The van der Waals surface area contributed by atoms with Crippen LogP contribution in [0.5, 0.6) is 5.75 Å². The van der Waals surface area contributed by atoms with Gasteiger partial charge in [-0.1, -0.05) is 24.3 Å². The molecule has 33 heavy (non-hydrogen) atoms. The lowest BCUT2D eigenvalue weighted by molar-refractivity contribution is -0.155. The summed E-state index contributed by atoms with van der Waals surface area (Å²) in [6.07, 6.45) is -1.06. The third-order valence-electron chi connectivity index (χ3n) is 6.27. The molecule has 178 valence electrons. The standard InChI is InChI=1S/C25H29F4N3O/c1-17-13-21-20-6-3-2-5-18(20)14-22(21)24(32(17)16-25(27,28)29)23-15-19(7-10-31-23)33-12-11-30-9-4-8-26/h2-3,5-7,10,15,17,24,30H,4,8-9,11-14,16H2,1H3/t17-,24+/m1/s1. The first-order valence-electron chi connectivity index (χ1n) is 11.4. The fourth-order valence-electron chi connectivity index (χ4n) is 4.85. The lowest BCUT2D eigenvalue weighted by Gasteiger charge is -2.42. The number of nitrogens with one attached hydrogen (secondary N) is 1. The van der Waals surface area contributed by atoms with Crippen molar-refractivity contribution in [2.45, 2.75) is 44.4 Å². The number of hydrogen-bond donors (Lipinski definition) is 1. The quantitative estimate of drug-likeness (QED) is 0.414. The lowest BCUT2D eigenvalue weighted by atomic mass is 9.87. The van der Waals surface area contributed by atoms with E-state index in [0.29, 0.717) is 50.4 Å². The molecule has 4 nitrogen and oxygen atoms in total. The number of aromatic nitrogens is 1. The highest BCUT2D eigenvalue weighted by Crippen LogP contribution is 2.49. The Hall–Kier alpha value is -2.45.